The summed E-state index contributed by atoms with van der Waals surface area (Å²) in [5, 5.41) is 0. The topological polar surface area (TPSA) is 78.9 Å². The van der Waals surface area contributed by atoms with Crippen molar-refractivity contribution in [2.75, 3.05) is 19.8 Å². The van der Waals surface area contributed by atoms with Crippen LogP contribution in [0.2, 0.25) is 0 Å². The monoisotopic (exact) mass is 312 g/mol. The van der Waals surface area contributed by atoms with Crippen LogP contribution in [-0.4, -0.2) is 37.7 Å². The Morgan fingerprint density at radius 1 is 1.05 bits per heavy atom. The third-order valence-corrected chi connectivity index (χ3v) is 2.86. The standard InChI is InChI=1S/C16H24O6/c1-6-9-16(14(18)20-7-2,15(19)21-8-3)10-12(4)11-22-13(5)17/h6H,1,4,7-11H2,2-3,5H3. The van der Waals surface area contributed by atoms with Crippen molar-refractivity contribution in [3.63, 3.8) is 0 Å². The minimum Gasteiger partial charge on any atom is -0.465 e. The molecule has 124 valence electrons. The van der Waals surface area contributed by atoms with Gasteiger partial charge in [-0.2, -0.15) is 0 Å². The van der Waals surface area contributed by atoms with Gasteiger partial charge in [0, 0.05) is 6.92 Å². The Hall–Kier alpha value is -2.11. The average molecular weight is 312 g/mol. The summed E-state index contributed by atoms with van der Waals surface area (Å²) in [6, 6.07) is 0. The molecule has 0 bridgehead atoms. The summed E-state index contributed by atoms with van der Waals surface area (Å²) in [6.07, 6.45) is 1.46. The fourth-order valence-electron chi connectivity index (χ4n) is 1.93. The number of carbonyl (C=O) groups excluding carboxylic acids is 3. The molecule has 6 heteroatoms. The van der Waals surface area contributed by atoms with Crippen molar-refractivity contribution in [2.45, 2.75) is 33.6 Å². The lowest BCUT2D eigenvalue weighted by molar-refractivity contribution is -0.172. The highest BCUT2D eigenvalue weighted by molar-refractivity contribution is 6.00. The Balaban J connectivity index is 5.38. The first-order chi connectivity index (χ1) is 10.3. The maximum Gasteiger partial charge on any atom is 0.324 e. The zero-order valence-corrected chi connectivity index (χ0v) is 13.5. The molecule has 0 radical (unpaired) electrons. The maximum absolute atomic E-state index is 12.3. The predicted octanol–water partition coefficient (Wildman–Crippen LogP) is 2.18. The molecule has 0 aliphatic carbocycles. The second-order valence-electron chi connectivity index (χ2n) is 4.72. The van der Waals surface area contributed by atoms with E-state index in [9.17, 15) is 14.4 Å². The van der Waals surface area contributed by atoms with Gasteiger partial charge in [-0.1, -0.05) is 12.7 Å². The largest absolute Gasteiger partial charge is 0.465 e. The fourth-order valence-corrected chi connectivity index (χ4v) is 1.93. The number of rotatable bonds is 10. The molecule has 0 aromatic heterocycles. The van der Waals surface area contributed by atoms with E-state index in [-0.39, 0.29) is 32.7 Å². The van der Waals surface area contributed by atoms with Crippen molar-refractivity contribution in [1.82, 2.24) is 0 Å². The molecule has 0 saturated heterocycles. The molecule has 0 amide bonds. The van der Waals surface area contributed by atoms with Gasteiger partial charge in [0.2, 0.25) is 0 Å². The Bertz CT molecular complexity index is 420. The summed E-state index contributed by atoms with van der Waals surface area (Å²) >= 11 is 0. The third-order valence-electron chi connectivity index (χ3n) is 2.86. The first kappa shape index (κ1) is 19.9. The number of esters is 3. The van der Waals surface area contributed by atoms with E-state index in [2.05, 4.69) is 13.2 Å². The summed E-state index contributed by atoms with van der Waals surface area (Å²) in [6.45, 7) is 12.1. The van der Waals surface area contributed by atoms with E-state index in [1.165, 1.54) is 13.0 Å². The van der Waals surface area contributed by atoms with Crippen LogP contribution in [0.1, 0.15) is 33.6 Å². The highest BCUT2D eigenvalue weighted by atomic mass is 16.6. The molecule has 0 spiro atoms. The van der Waals surface area contributed by atoms with Gasteiger partial charge >= 0.3 is 17.9 Å². The molecule has 0 fully saturated rings. The highest BCUT2D eigenvalue weighted by Crippen LogP contribution is 2.34. The molecule has 22 heavy (non-hydrogen) atoms. The van der Waals surface area contributed by atoms with Crippen molar-refractivity contribution >= 4 is 17.9 Å². The van der Waals surface area contributed by atoms with E-state index < -0.39 is 23.3 Å². The second kappa shape index (κ2) is 9.76. The minimum absolute atomic E-state index is 0.0377. The van der Waals surface area contributed by atoms with Gasteiger partial charge in [0.05, 0.1) is 13.2 Å². The molecule has 0 aliphatic rings. The Labute approximate surface area is 131 Å². The van der Waals surface area contributed by atoms with Crippen molar-refractivity contribution in [3.05, 3.63) is 24.8 Å². The third kappa shape index (κ3) is 5.71. The molecule has 0 saturated carbocycles. The van der Waals surface area contributed by atoms with E-state index in [0.717, 1.165) is 0 Å². The molecule has 6 nitrogen and oxygen atoms in total. The van der Waals surface area contributed by atoms with E-state index in [1.54, 1.807) is 13.8 Å². The first-order valence-electron chi connectivity index (χ1n) is 7.09. The normalized spacial score (nSPS) is 10.5. The summed E-state index contributed by atoms with van der Waals surface area (Å²) in [4.78, 5) is 35.5. The van der Waals surface area contributed by atoms with Gasteiger partial charge in [0.25, 0.3) is 0 Å². The summed E-state index contributed by atoms with van der Waals surface area (Å²) < 4.78 is 14.9. The van der Waals surface area contributed by atoms with Crippen molar-refractivity contribution in [2.24, 2.45) is 5.41 Å². The van der Waals surface area contributed by atoms with Crippen LogP contribution < -0.4 is 0 Å². The predicted molar refractivity (Wildman–Crippen MR) is 80.9 cm³/mol. The number of carbonyl (C=O) groups is 3. The molecule has 0 N–H and O–H groups in total. The van der Waals surface area contributed by atoms with Crippen molar-refractivity contribution < 1.29 is 28.6 Å². The van der Waals surface area contributed by atoms with E-state index in [4.69, 9.17) is 14.2 Å². The van der Waals surface area contributed by atoms with Crippen molar-refractivity contribution in [3.8, 4) is 0 Å². The lowest BCUT2D eigenvalue weighted by atomic mass is 9.78. The molecule has 0 aliphatic heterocycles. The van der Waals surface area contributed by atoms with E-state index in [0.29, 0.717) is 5.57 Å². The van der Waals surface area contributed by atoms with E-state index in [1.807, 2.05) is 0 Å². The lowest BCUT2D eigenvalue weighted by Gasteiger charge is -2.28. The van der Waals surface area contributed by atoms with E-state index >= 15 is 0 Å². The number of allylic oxidation sites excluding steroid dienone is 1. The van der Waals surface area contributed by atoms with Crippen LogP contribution >= 0.6 is 0 Å². The van der Waals surface area contributed by atoms with Crippen LogP contribution in [-0.2, 0) is 28.6 Å². The Kier molecular flexibility index (Phi) is 8.82. The summed E-state index contributed by atoms with van der Waals surface area (Å²) in [5.41, 5.74) is -1.14. The molecule has 0 rings (SSSR count). The Morgan fingerprint density at radius 2 is 1.55 bits per heavy atom. The highest BCUT2D eigenvalue weighted by Gasteiger charge is 2.48. The van der Waals surface area contributed by atoms with Gasteiger partial charge in [0.1, 0.15) is 6.61 Å². The zero-order chi connectivity index (χ0) is 17.2. The van der Waals surface area contributed by atoms with Gasteiger partial charge in [-0.15, -0.1) is 6.58 Å². The van der Waals surface area contributed by atoms with Crippen LogP contribution in [0.15, 0.2) is 24.8 Å². The SMILES string of the molecule is C=CCC(CC(=C)COC(C)=O)(C(=O)OCC)C(=O)OCC. The van der Waals surface area contributed by atoms with Gasteiger partial charge in [-0.3, -0.25) is 14.4 Å². The quantitative estimate of drug-likeness (QED) is 0.266. The van der Waals surface area contributed by atoms with Gasteiger partial charge < -0.3 is 14.2 Å². The molecular weight excluding hydrogens is 288 g/mol. The molecule has 0 unspecified atom stereocenters. The number of hydrogen-bond acceptors (Lipinski definition) is 6. The van der Waals surface area contributed by atoms with Crippen LogP contribution in [0.25, 0.3) is 0 Å². The number of ether oxygens (including phenoxy) is 3. The Morgan fingerprint density at radius 3 is 1.91 bits per heavy atom. The maximum atomic E-state index is 12.3. The van der Waals surface area contributed by atoms with Crippen LogP contribution in [0.3, 0.4) is 0 Å². The minimum atomic E-state index is -1.55. The summed E-state index contributed by atoms with van der Waals surface area (Å²) in [7, 11) is 0. The average Bonchev–Trinajstić information content (AvgIpc) is 2.45. The lowest BCUT2D eigenvalue weighted by Crippen LogP contribution is -2.42. The van der Waals surface area contributed by atoms with Gasteiger partial charge in [-0.25, -0.2) is 0 Å². The molecular formula is C16H24O6. The summed E-state index contributed by atoms with van der Waals surface area (Å²) in [5.74, 6) is -1.86. The van der Waals surface area contributed by atoms with Crippen molar-refractivity contribution in [1.29, 1.82) is 0 Å². The van der Waals surface area contributed by atoms with Gasteiger partial charge in [-0.05, 0) is 32.3 Å². The second-order valence-corrected chi connectivity index (χ2v) is 4.72. The number of hydrogen-bond donors (Lipinski definition) is 0. The first-order valence-corrected chi connectivity index (χ1v) is 7.09. The smallest absolute Gasteiger partial charge is 0.324 e. The molecule has 0 heterocycles. The molecule has 0 atom stereocenters. The zero-order valence-electron chi connectivity index (χ0n) is 13.5. The van der Waals surface area contributed by atoms with Crippen LogP contribution in [0, 0.1) is 5.41 Å². The molecule has 0 aromatic carbocycles. The molecule has 0 aromatic rings. The van der Waals surface area contributed by atoms with Gasteiger partial charge in [0.15, 0.2) is 5.41 Å². The van der Waals surface area contributed by atoms with Crippen LogP contribution in [0.5, 0.6) is 0 Å². The fraction of sp³-hybridized carbons (Fsp3) is 0.562. The van der Waals surface area contributed by atoms with Crippen LogP contribution in [0.4, 0.5) is 0 Å².